The number of aromatic carboxylic acids is 1. The van der Waals surface area contributed by atoms with Crippen LogP contribution in [0.25, 0.3) is 11.5 Å². The number of imidazole rings is 1. The fraction of sp³-hybridized carbons (Fsp3) is 0.133. The molecule has 0 fully saturated rings. The molecule has 0 unspecified atom stereocenters. The quantitative estimate of drug-likeness (QED) is 0.800. The second-order valence-corrected chi connectivity index (χ2v) is 4.68. The number of carboxylic acids is 1. The van der Waals surface area contributed by atoms with Crippen LogP contribution in [0.4, 0.5) is 0 Å². The monoisotopic (exact) mass is 282 g/mol. The molecule has 2 aromatic heterocycles. The number of carboxylic acid groups (broad SMARTS) is 1. The minimum absolute atomic E-state index is 0.181. The van der Waals surface area contributed by atoms with Gasteiger partial charge in [-0.2, -0.15) is 5.10 Å². The van der Waals surface area contributed by atoms with E-state index in [-0.39, 0.29) is 5.56 Å². The van der Waals surface area contributed by atoms with Crippen LogP contribution in [0.2, 0.25) is 0 Å². The van der Waals surface area contributed by atoms with E-state index >= 15 is 0 Å². The van der Waals surface area contributed by atoms with Gasteiger partial charge in [-0.1, -0.05) is 18.2 Å². The van der Waals surface area contributed by atoms with Crippen LogP contribution in [0, 0.1) is 13.8 Å². The van der Waals surface area contributed by atoms with Crippen molar-refractivity contribution >= 4 is 5.97 Å². The smallest absolute Gasteiger partial charge is 0.341 e. The number of carbonyl (C=O) groups is 1. The number of nitrogens with zero attached hydrogens (tertiary/aromatic N) is 4. The van der Waals surface area contributed by atoms with E-state index in [9.17, 15) is 9.90 Å². The predicted molar refractivity (Wildman–Crippen MR) is 77.1 cm³/mol. The van der Waals surface area contributed by atoms with Gasteiger partial charge in [0.05, 0.1) is 11.4 Å². The second kappa shape index (κ2) is 4.90. The molecule has 0 bridgehead atoms. The Balaban J connectivity index is 2.34. The van der Waals surface area contributed by atoms with E-state index in [2.05, 4.69) is 10.1 Å². The highest BCUT2D eigenvalue weighted by Crippen LogP contribution is 2.23. The highest BCUT2D eigenvalue weighted by Gasteiger charge is 2.24. The molecular weight excluding hydrogens is 268 g/mol. The van der Waals surface area contributed by atoms with Gasteiger partial charge in [0.25, 0.3) is 0 Å². The van der Waals surface area contributed by atoms with Crippen LogP contribution in [0.3, 0.4) is 0 Å². The van der Waals surface area contributed by atoms with Crippen molar-refractivity contribution in [2.45, 2.75) is 13.8 Å². The Labute approximate surface area is 121 Å². The topological polar surface area (TPSA) is 72.9 Å². The lowest BCUT2D eigenvalue weighted by Crippen LogP contribution is -2.10. The van der Waals surface area contributed by atoms with Crippen LogP contribution in [0.1, 0.15) is 21.9 Å². The van der Waals surface area contributed by atoms with E-state index in [1.807, 2.05) is 37.3 Å². The Morgan fingerprint density at radius 1 is 1.19 bits per heavy atom. The van der Waals surface area contributed by atoms with Crippen molar-refractivity contribution < 1.29 is 9.90 Å². The SMILES string of the molecule is Cc1nn(-c2ccccc2)c(-n2ccnc2C)c1C(=O)O. The fourth-order valence-corrected chi connectivity index (χ4v) is 2.34. The molecule has 3 rings (SSSR count). The molecule has 0 atom stereocenters. The summed E-state index contributed by atoms with van der Waals surface area (Å²) in [6.07, 6.45) is 3.37. The summed E-state index contributed by atoms with van der Waals surface area (Å²) in [5.41, 5.74) is 1.45. The van der Waals surface area contributed by atoms with Crippen LogP contribution >= 0.6 is 0 Å². The molecule has 6 heteroatoms. The minimum Gasteiger partial charge on any atom is -0.477 e. The number of para-hydroxylation sites is 1. The highest BCUT2D eigenvalue weighted by atomic mass is 16.4. The standard InChI is InChI=1S/C15H14N4O2/c1-10-13(15(20)21)14(18-9-8-16-11(18)2)19(17-10)12-6-4-3-5-7-12/h3-9H,1-2H3,(H,20,21). The molecule has 1 N–H and O–H groups in total. The first-order chi connectivity index (χ1) is 10.1. The van der Waals surface area contributed by atoms with Crippen LogP contribution in [-0.2, 0) is 0 Å². The number of benzene rings is 1. The highest BCUT2D eigenvalue weighted by molar-refractivity contribution is 5.93. The molecule has 3 aromatic rings. The first kappa shape index (κ1) is 13.1. The van der Waals surface area contributed by atoms with Gasteiger partial charge >= 0.3 is 5.97 Å². The van der Waals surface area contributed by atoms with Crippen molar-refractivity contribution in [1.29, 1.82) is 0 Å². The van der Waals surface area contributed by atoms with Crippen molar-refractivity contribution in [3.05, 3.63) is 59.8 Å². The summed E-state index contributed by atoms with van der Waals surface area (Å²) in [7, 11) is 0. The van der Waals surface area contributed by atoms with E-state index in [0.717, 1.165) is 5.69 Å². The summed E-state index contributed by atoms with van der Waals surface area (Å²) >= 11 is 0. The molecule has 0 radical (unpaired) electrons. The first-order valence-electron chi connectivity index (χ1n) is 6.48. The third kappa shape index (κ3) is 2.10. The average molecular weight is 282 g/mol. The molecule has 0 aliphatic carbocycles. The molecule has 0 amide bonds. The molecule has 0 aliphatic heterocycles. The summed E-state index contributed by atoms with van der Waals surface area (Å²) in [6, 6.07) is 9.44. The second-order valence-electron chi connectivity index (χ2n) is 4.68. The van der Waals surface area contributed by atoms with Gasteiger partial charge < -0.3 is 5.11 Å². The van der Waals surface area contributed by atoms with Gasteiger partial charge in [-0.05, 0) is 26.0 Å². The summed E-state index contributed by atoms with van der Waals surface area (Å²) < 4.78 is 3.36. The lowest BCUT2D eigenvalue weighted by Gasteiger charge is -2.10. The zero-order valence-electron chi connectivity index (χ0n) is 11.7. The molecule has 0 aliphatic rings. The van der Waals surface area contributed by atoms with E-state index < -0.39 is 5.97 Å². The number of rotatable bonds is 3. The van der Waals surface area contributed by atoms with Gasteiger partial charge in [0.2, 0.25) is 0 Å². The van der Waals surface area contributed by atoms with Gasteiger partial charge in [0.1, 0.15) is 11.4 Å². The summed E-state index contributed by atoms with van der Waals surface area (Å²) in [4.78, 5) is 15.8. The van der Waals surface area contributed by atoms with Gasteiger partial charge in [0, 0.05) is 12.4 Å². The molecule has 6 nitrogen and oxygen atoms in total. The number of aromatic nitrogens is 4. The van der Waals surface area contributed by atoms with E-state index in [4.69, 9.17) is 0 Å². The molecule has 1 aromatic carbocycles. The van der Waals surface area contributed by atoms with Crippen LogP contribution in [-0.4, -0.2) is 30.4 Å². The normalized spacial score (nSPS) is 10.8. The summed E-state index contributed by atoms with van der Waals surface area (Å²) in [6.45, 7) is 3.52. The molecular formula is C15H14N4O2. The van der Waals surface area contributed by atoms with Crippen molar-refractivity contribution in [3.63, 3.8) is 0 Å². The number of hydrogen-bond acceptors (Lipinski definition) is 3. The molecule has 0 saturated heterocycles. The maximum absolute atomic E-state index is 11.6. The van der Waals surface area contributed by atoms with Gasteiger partial charge in [-0.25, -0.2) is 14.5 Å². The van der Waals surface area contributed by atoms with E-state index in [0.29, 0.717) is 17.3 Å². The zero-order valence-corrected chi connectivity index (χ0v) is 11.7. The lowest BCUT2D eigenvalue weighted by atomic mass is 10.2. The Morgan fingerprint density at radius 2 is 1.90 bits per heavy atom. The number of hydrogen-bond donors (Lipinski definition) is 1. The molecule has 21 heavy (non-hydrogen) atoms. The van der Waals surface area contributed by atoms with Gasteiger partial charge in [0.15, 0.2) is 5.82 Å². The van der Waals surface area contributed by atoms with Crippen LogP contribution in [0.5, 0.6) is 0 Å². The van der Waals surface area contributed by atoms with Gasteiger partial charge in [-0.3, -0.25) is 4.57 Å². The van der Waals surface area contributed by atoms with E-state index in [1.165, 1.54) is 0 Å². The maximum atomic E-state index is 11.6. The Morgan fingerprint density at radius 3 is 2.48 bits per heavy atom. The summed E-state index contributed by atoms with van der Waals surface area (Å²) in [5, 5.41) is 13.9. The maximum Gasteiger partial charge on any atom is 0.341 e. The van der Waals surface area contributed by atoms with Crippen molar-refractivity contribution in [1.82, 2.24) is 19.3 Å². The van der Waals surface area contributed by atoms with Crippen LogP contribution in [0.15, 0.2) is 42.7 Å². The van der Waals surface area contributed by atoms with Gasteiger partial charge in [-0.15, -0.1) is 0 Å². The first-order valence-corrected chi connectivity index (χ1v) is 6.48. The lowest BCUT2D eigenvalue weighted by molar-refractivity contribution is 0.0696. The zero-order chi connectivity index (χ0) is 15.0. The van der Waals surface area contributed by atoms with Crippen LogP contribution < -0.4 is 0 Å². The third-order valence-corrected chi connectivity index (χ3v) is 3.30. The van der Waals surface area contributed by atoms with E-state index in [1.54, 1.807) is 28.6 Å². The minimum atomic E-state index is -1.00. The summed E-state index contributed by atoms with van der Waals surface area (Å²) in [5.74, 6) is 0.188. The Hall–Kier alpha value is -2.89. The fourth-order valence-electron chi connectivity index (χ4n) is 2.34. The number of aryl methyl sites for hydroxylation is 2. The average Bonchev–Trinajstić information content (AvgIpc) is 3.02. The Bertz CT molecular complexity index is 802. The van der Waals surface area contributed by atoms with Crippen molar-refractivity contribution in [2.24, 2.45) is 0 Å². The molecule has 2 heterocycles. The Kier molecular flexibility index (Phi) is 3.06. The predicted octanol–water partition coefficient (Wildman–Crippen LogP) is 2.37. The van der Waals surface area contributed by atoms with Crippen molar-refractivity contribution in [2.75, 3.05) is 0 Å². The molecule has 0 spiro atoms. The third-order valence-electron chi connectivity index (χ3n) is 3.30. The largest absolute Gasteiger partial charge is 0.477 e. The molecule has 106 valence electrons. The molecule has 0 saturated carbocycles. The van der Waals surface area contributed by atoms with Crippen molar-refractivity contribution in [3.8, 4) is 11.5 Å².